The molecular weight excluding hydrogens is 746 g/mol. The largest absolute Gasteiger partial charge is 0.496 e. The van der Waals surface area contributed by atoms with Crippen LogP contribution in [0.2, 0.25) is 0 Å². The maximum atomic E-state index is 13.2. The second-order valence-electron chi connectivity index (χ2n) is 13.7. The molecule has 15 nitrogen and oxygen atoms in total. The summed E-state index contributed by atoms with van der Waals surface area (Å²) in [5.74, 6) is -1.63. The van der Waals surface area contributed by atoms with Crippen LogP contribution in [0.25, 0.3) is 11.1 Å². The smallest absolute Gasteiger partial charge is 0.266 e. The van der Waals surface area contributed by atoms with Gasteiger partial charge in [-0.1, -0.05) is 54.6 Å². The summed E-state index contributed by atoms with van der Waals surface area (Å²) in [6.07, 6.45) is 0.457. The van der Waals surface area contributed by atoms with Gasteiger partial charge in [-0.05, 0) is 54.2 Å². The van der Waals surface area contributed by atoms with Crippen LogP contribution in [0.4, 0.5) is 0 Å². The Kier molecular flexibility index (Phi) is 13.4. The van der Waals surface area contributed by atoms with Crippen molar-refractivity contribution in [2.45, 2.75) is 45.4 Å². The molecule has 302 valence electrons. The molecule has 4 aromatic carbocycles. The number of carbonyl (C=O) groups is 6. The molecule has 1 fully saturated rings. The van der Waals surface area contributed by atoms with Crippen LogP contribution in [-0.4, -0.2) is 86.8 Å². The minimum atomic E-state index is -1.12. The van der Waals surface area contributed by atoms with E-state index in [-0.39, 0.29) is 55.3 Å². The van der Waals surface area contributed by atoms with Gasteiger partial charge in [-0.25, -0.2) is 0 Å². The lowest BCUT2D eigenvalue weighted by atomic mass is 9.99. The summed E-state index contributed by atoms with van der Waals surface area (Å²) in [6, 6.07) is 23.3. The third-order valence-corrected chi connectivity index (χ3v) is 9.74. The molecule has 0 aliphatic carbocycles. The molecule has 6 rings (SSSR count). The van der Waals surface area contributed by atoms with Crippen LogP contribution in [0.3, 0.4) is 0 Å². The molecule has 2 aliphatic heterocycles. The molecule has 4 N–H and O–H groups in total. The zero-order valence-electron chi connectivity index (χ0n) is 32.5. The molecule has 15 heteroatoms. The highest BCUT2D eigenvalue weighted by molar-refractivity contribution is 6.24. The fourth-order valence-corrected chi connectivity index (χ4v) is 6.85. The Balaban J connectivity index is 0.901. The molecule has 6 amide bonds. The molecule has 0 spiro atoms. The van der Waals surface area contributed by atoms with E-state index in [9.17, 15) is 28.8 Å². The number of fused-ring (bicyclic) bond motifs is 1. The number of benzene rings is 4. The number of nitrogens with one attached hydrogen (secondary N) is 4. The second kappa shape index (κ2) is 18.9. The molecule has 4 aromatic rings. The number of hydrogen-bond acceptors (Lipinski definition) is 11. The van der Waals surface area contributed by atoms with Crippen LogP contribution in [0.1, 0.15) is 56.7 Å². The van der Waals surface area contributed by atoms with E-state index in [2.05, 4.69) is 58.5 Å². The first kappa shape index (κ1) is 40.9. The van der Waals surface area contributed by atoms with Gasteiger partial charge >= 0.3 is 0 Å². The first-order valence-electron chi connectivity index (χ1n) is 18.8. The Morgan fingerprint density at radius 1 is 0.793 bits per heavy atom. The third kappa shape index (κ3) is 9.61. The summed E-state index contributed by atoms with van der Waals surface area (Å²) < 4.78 is 23.0. The summed E-state index contributed by atoms with van der Waals surface area (Å²) in [5, 5.41) is 10.8. The van der Waals surface area contributed by atoms with E-state index in [1.165, 1.54) is 23.8 Å². The molecule has 0 radical (unpaired) electrons. The molecule has 1 unspecified atom stereocenters. The monoisotopic (exact) mass is 791 g/mol. The molecule has 1 saturated heterocycles. The van der Waals surface area contributed by atoms with Crippen molar-refractivity contribution in [3.05, 3.63) is 107 Å². The van der Waals surface area contributed by atoms with Crippen LogP contribution in [0, 0.1) is 6.92 Å². The normalized spacial score (nSPS) is 14.7. The lowest BCUT2D eigenvalue weighted by Crippen LogP contribution is -2.54. The Morgan fingerprint density at radius 2 is 1.52 bits per heavy atom. The minimum Gasteiger partial charge on any atom is -0.496 e. The Bertz CT molecular complexity index is 2180. The van der Waals surface area contributed by atoms with Crippen molar-refractivity contribution in [3.63, 3.8) is 0 Å². The Morgan fingerprint density at radius 3 is 2.21 bits per heavy atom. The average molecular weight is 792 g/mol. The number of piperidine rings is 1. The van der Waals surface area contributed by atoms with Gasteiger partial charge in [0.1, 0.15) is 35.6 Å². The third-order valence-electron chi connectivity index (χ3n) is 9.74. The number of ether oxygens (including phenoxy) is 4. The number of rotatable bonds is 18. The van der Waals surface area contributed by atoms with Crippen molar-refractivity contribution in [3.8, 4) is 34.1 Å². The van der Waals surface area contributed by atoms with Crippen LogP contribution in [-0.2, 0) is 32.3 Å². The fraction of sp³-hybridized carbons (Fsp3) is 0.302. The molecule has 2 heterocycles. The number of nitrogens with zero attached hydrogens (tertiary/aromatic N) is 1. The zero-order valence-corrected chi connectivity index (χ0v) is 32.5. The number of aryl methyl sites for hydroxylation is 1. The zero-order chi connectivity index (χ0) is 41.2. The summed E-state index contributed by atoms with van der Waals surface area (Å²) >= 11 is 0. The van der Waals surface area contributed by atoms with E-state index in [1.54, 1.807) is 26.4 Å². The van der Waals surface area contributed by atoms with E-state index in [0.717, 1.165) is 27.2 Å². The predicted octanol–water partition coefficient (Wildman–Crippen LogP) is 3.45. The lowest BCUT2D eigenvalue weighted by Gasteiger charge is -2.27. The van der Waals surface area contributed by atoms with Gasteiger partial charge in [-0.15, -0.1) is 0 Å². The molecular formula is C43H45N5O10. The number of carbonyl (C=O) groups excluding carboxylic acids is 6. The van der Waals surface area contributed by atoms with Gasteiger partial charge in [0.2, 0.25) is 17.7 Å². The van der Waals surface area contributed by atoms with Gasteiger partial charge in [0.15, 0.2) is 6.61 Å². The standard InChI is InChI=1S/C43H45N5O10/c1-26-19-27(13-14-30(26)28-9-5-4-6-10-28)24-57-29-20-35(55-2)32(36(21-29)56-3)22-44-23-38(50)45-17-8-18-46-39(51)25-58-34-12-7-11-31-40(34)43(54)48(42(31)53)33-15-16-37(49)47-41(33)52/h4-7,9-14,19-21,33,44H,8,15-18,22-25H2,1-3H3,(H,45,50)(H,46,51)(H,47,49,52). The van der Waals surface area contributed by atoms with Gasteiger partial charge in [0, 0.05) is 38.2 Å². The minimum absolute atomic E-state index is 0.00137. The van der Waals surface area contributed by atoms with Crippen molar-refractivity contribution in [2.24, 2.45) is 0 Å². The van der Waals surface area contributed by atoms with Crippen LogP contribution >= 0.6 is 0 Å². The van der Waals surface area contributed by atoms with Crippen molar-refractivity contribution in [1.82, 2.24) is 26.2 Å². The lowest BCUT2D eigenvalue weighted by molar-refractivity contribution is -0.136. The summed E-state index contributed by atoms with van der Waals surface area (Å²) in [5.41, 5.74) is 5.23. The van der Waals surface area contributed by atoms with E-state index >= 15 is 0 Å². The number of hydrogen-bond donors (Lipinski definition) is 4. The second-order valence-corrected chi connectivity index (χ2v) is 13.7. The van der Waals surface area contributed by atoms with E-state index in [4.69, 9.17) is 18.9 Å². The molecule has 0 aromatic heterocycles. The summed E-state index contributed by atoms with van der Waals surface area (Å²) in [7, 11) is 3.11. The van der Waals surface area contributed by atoms with Crippen LogP contribution in [0.5, 0.6) is 23.0 Å². The summed E-state index contributed by atoms with van der Waals surface area (Å²) in [4.78, 5) is 76.0. The average Bonchev–Trinajstić information content (AvgIpc) is 3.48. The number of methoxy groups -OCH3 is 2. The Labute approximate surface area is 335 Å². The summed E-state index contributed by atoms with van der Waals surface area (Å²) in [6.45, 7) is 2.85. The van der Waals surface area contributed by atoms with Gasteiger partial charge < -0.3 is 34.9 Å². The van der Waals surface area contributed by atoms with E-state index in [1.807, 2.05) is 18.2 Å². The topological polar surface area (TPSA) is 191 Å². The maximum Gasteiger partial charge on any atom is 0.266 e. The van der Waals surface area contributed by atoms with Crippen molar-refractivity contribution < 1.29 is 47.7 Å². The molecule has 58 heavy (non-hydrogen) atoms. The molecule has 0 bridgehead atoms. The highest BCUT2D eigenvalue weighted by Gasteiger charge is 2.46. The Hall–Kier alpha value is -6.74. The highest BCUT2D eigenvalue weighted by atomic mass is 16.5. The van der Waals surface area contributed by atoms with Crippen molar-refractivity contribution >= 4 is 35.4 Å². The SMILES string of the molecule is COc1cc(OCc2ccc(-c3ccccc3)c(C)c2)cc(OC)c1CNCC(=O)NCCCNC(=O)COc1cccc2c1C(=O)N(C1CCC(=O)NC1=O)C2=O. The van der Waals surface area contributed by atoms with Gasteiger partial charge in [0.05, 0.1) is 37.5 Å². The van der Waals surface area contributed by atoms with Gasteiger partial charge in [0.25, 0.3) is 17.7 Å². The quantitative estimate of drug-likeness (QED) is 0.0853. The molecule has 2 aliphatic rings. The predicted molar refractivity (Wildman–Crippen MR) is 211 cm³/mol. The van der Waals surface area contributed by atoms with Crippen molar-refractivity contribution in [2.75, 3.05) is 40.5 Å². The maximum absolute atomic E-state index is 13.2. The van der Waals surface area contributed by atoms with Gasteiger partial charge in [-0.2, -0.15) is 0 Å². The van der Waals surface area contributed by atoms with Crippen molar-refractivity contribution in [1.29, 1.82) is 0 Å². The van der Waals surface area contributed by atoms with E-state index in [0.29, 0.717) is 36.8 Å². The number of amides is 6. The van der Waals surface area contributed by atoms with Gasteiger partial charge in [-0.3, -0.25) is 39.0 Å². The van der Waals surface area contributed by atoms with Crippen LogP contribution in [0.15, 0.2) is 78.9 Å². The number of imide groups is 2. The first-order chi connectivity index (χ1) is 28.1. The van der Waals surface area contributed by atoms with Crippen LogP contribution < -0.4 is 40.2 Å². The fourth-order valence-electron chi connectivity index (χ4n) is 6.85. The highest BCUT2D eigenvalue weighted by Crippen LogP contribution is 2.35. The van der Waals surface area contributed by atoms with E-state index < -0.39 is 42.2 Å². The first-order valence-corrected chi connectivity index (χ1v) is 18.8. The molecule has 0 saturated carbocycles. The molecule has 1 atom stereocenters.